The molecule has 0 amide bonds. The highest BCUT2D eigenvalue weighted by molar-refractivity contribution is 7.45. The third kappa shape index (κ3) is 4.93. The third-order valence-corrected chi connectivity index (χ3v) is 5.13. The second-order valence-corrected chi connectivity index (χ2v) is 7.43. The quantitative estimate of drug-likeness (QED) is 0.763. The summed E-state index contributed by atoms with van der Waals surface area (Å²) in [7, 11) is -1.84. The van der Waals surface area contributed by atoms with E-state index in [-0.39, 0.29) is 5.75 Å². The minimum absolute atomic E-state index is 0.308. The van der Waals surface area contributed by atoms with Crippen molar-refractivity contribution in [3.8, 4) is 5.75 Å². The Balaban J connectivity index is 1.73. The zero-order valence-corrected chi connectivity index (χ0v) is 14.7. The molecule has 1 saturated heterocycles. The average Bonchev–Trinajstić information content (AvgIpc) is 2.58. The molecular formula is C16H19F3N3O3P. The van der Waals surface area contributed by atoms with Crippen molar-refractivity contribution in [3.05, 3.63) is 24.5 Å². The molecule has 3 rings (SSSR count). The van der Waals surface area contributed by atoms with Crippen LogP contribution in [0.25, 0.3) is 10.9 Å². The summed E-state index contributed by atoms with van der Waals surface area (Å²) in [5.74, 6) is 0.826. The highest BCUT2D eigenvalue weighted by atomic mass is 31.2. The van der Waals surface area contributed by atoms with E-state index in [4.69, 9.17) is 9.79 Å². The largest absolute Gasteiger partial charge is 0.573 e. The summed E-state index contributed by atoms with van der Waals surface area (Å²) in [6, 6.07) is 4.06. The number of nitrogens with zero attached hydrogens (tertiary/aromatic N) is 3. The van der Waals surface area contributed by atoms with E-state index in [9.17, 15) is 13.2 Å². The second-order valence-electron chi connectivity index (χ2n) is 6.24. The molecule has 0 bridgehead atoms. The van der Waals surface area contributed by atoms with Crippen LogP contribution in [0, 0.1) is 5.92 Å². The van der Waals surface area contributed by atoms with Crippen molar-refractivity contribution in [1.82, 2.24) is 9.97 Å². The van der Waals surface area contributed by atoms with Gasteiger partial charge in [-0.1, -0.05) is 0 Å². The number of fused-ring (bicyclic) bond motifs is 1. The van der Waals surface area contributed by atoms with Crippen LogP contribution in [0.1, 0.15) is 19.3 Å². The van der Waals surface area contributed by atoms with Crippen LogP contribution in [0.5, 0.6) is 5.75 Å². The number of benzene rings is 1. The molecule has 6 nitrogen and oxygen atoms in total. The molecular weight excluding hydrogens is 370 g/mol. The predicted octanol–water partition coefficient (Wildman–Crippen LogP) is 3.43. The molecule has 142 valence electrons. The zero-order valence-electron chi connectivity index (χ0n) is 13.9. The van der Waals surface area contributed by atoms with Crippen LogP contribution >= 0.6 is 8.38 Å². The van der Waals surface area contributed by atoms with Gasteiger partial charge in [-0.05, 0) is 37.3 Å². The zero-order chi connectivity index (χ0) is 18.7. The van der Waals surface area contributed by atoms with Crippen LogP contribution in [0.3, 0.4) is 0 Å². The lowest BCUT2D eigenvalue weighted by molar-refractivity contribution is -0.274. The second kappa shape index (κ2) is 7.90. The van der Waals surface area contributed by atoms with E-state index >= 15 is 0 Å². The Morgan fingerprint density at radius 2 is 1.92 bits per heavy atom. The topological polar surface area (TPSA) is 78.7 Å². The summed E-state index contributed by atoms with van der Waals surface area (Å²) in [5, 5.41) is 0.676. The van der Waals surface area contributed by atoms with Gasteiger partial charge in [-0.25, -0.2) is 9.97 Å². The molecule has 0 aliphatic carbocycles. The SMILES string of the molecule is OP(O)CCC1CCN(c2ncnc3cc(OC(F)(F)F)ccc23)CC1. The van der Waals surface area contributed by atoms with Crippen molar-refractivity contribution >= 4 is 25.1 Å². The van der Waals surface area contributed by atoms with E-state index in [1.807, 2.05) is 0 Å². The molecule has 0 spiro atoms. The Bertz CT molecular complexity index is 752. The molecule has 1 aliphatic heterocycles. The maximum atomic E-state index is 12.4. The molecule has 1 aliphatic rings. The summed E-state index contributed by atoms with van der Waals surface area (Å²) < 4.78 is 41.0. The Morgan fingerprint density at radius 1 is 1.19 bits per heavy atom. The lowest BCUT2D eigenvalue weighted by Gasteiger charge is -2.33. The van der Waals surface area contributed by atoms with Crippen LogP contribution < -0.4 is 9.64 Å². The minimum Gasteiger partial charge on any atom is -0.406 e. The van der Waals surface area contributed by atoms with Gasteiger partial charge in [-0.15, -0.1) is 13.2 Å². The molecule has 0 unspecified atom stereocenters. The molecule has 10 heteroatoms. The smallest absolute Gasteiger partial charge is 0.406 e. The standard InChI is InChI=1S/C16H19F3N3O3P/c17-16(18,19)25-12-1-2-13-14(9-12)20-10-21-15(13)22-6-3-11(4-7-22)5-8-26(23)24/h1-2,9-11,23-24H,3-8H2. The van der Waals surface area contributed by atoms with Crippen LogP contribution in [0.2, 0.25) is 0 Å². The molecule has 2 aromatic rings. The number of aromatic nitrogens is 2. The van der Waals surface area contributed by atoms with Crippen LogP contribution in [-0.4, -0.2) is 45.4 Å². The van der Waals surface area contributed by atoms with E-state index in [0.717, 1.165) is 32.4 Å². The van der Waals surface area contributed by atoms with E-state index < -0.39 is 14.7 Å². The monoisotopic (exact) mass is 389 g/mol. The molecule has 2 heterocycles. The summed E-state index contributed by atoms with van der Waals surface area (Å²) in [4.78, 5) is 28.5. The van der Waals surface area contributed by atoms with E-state index in [0.29, 0.717) is 28.8 Å². The minimum atomic E-state index is -4.74. The molecule has 0 radical (unpaired) electrons. The molecule has 2 N–H and O–H groups in total. The van der Waals surface area contributed by atoms with Gasteiger partial charge in [0.15, 0.2) is 8.38 Å². The first kappa shape index (κ1) is 19.1. The van der Waals surface area contributed by atoms with Gasteiger partial charge >= 0.3 is 6.36 Å². The summed E-state index contributed by atoms with van der Waals surface area (Å²) in [6.45, 7) is 1.51. The van der Waals surface area contributed by atoms with Crippen molar-refractivity contribution < 1.29 is 27.7 Å². The van der Waals surface area contributed by atoms with Gasteiger partial charge in [-0.3, -0.25) is 0 Å². The fraction of sp³-hybridized carbons (Fsp3) is 0.500. The number of rotatable bonds is 5. The molecule has 1 fully saturated rings. The number of hydrogen-bond donors (Lipinski definition) is 2. The lowest BCUT2D eigenvalue weighted by Crippen LogP contribution is -2.34. The fourth-order valence-corrected chi connectivity index (χ4v) is 3.80. The van der Waals surface area contributed by atoms with E-state index in [2.05, 4.69) is 19.6 Å². The number of alkyl halides is 3. The van der Waals surface area contributed by atoms with Crippen molar-refractivity contribution in [2.45, 2.75) is 25.6 Å². The Labute approximate surface area is 149 Å². The van der Waals surface area contributed by atoms with Gasteiger partial charge in [0, 0.05) is 30.7 Å². The lowest BCUT2D eigenvalue weighted by atomic mass is 9.94. The normalized spacial score (nSPS) is 16.5. The van der Waals surface area contributed by atoms with E-state index in [1.54, 1.807) is 6.07 Å². The first-order valence-corrected chi connectivity index (χ1v) is 9.66. The first-order valence-electron chi connectivity index (χ1n) is 8.22. The van der Waals surface area contributed by atoms with Crippen molar-refractivity contribution in [2.24, 2.45) is 5.92 Å². The number of anilines is 1. The Hall–Kier alpha value is -1.70. The number of hydrogen-bond acceptors (Lipinski definition) is 6. The Kier molecular flexibility index (Phi) is 5.79. The molecule has 1 aromatic heterocycles. The number of piperidine rings is 1. The van der Waals surface area contributed by atoms with Crippen molar-refractivity contribution in [3.63, 3.8) is 0 Å². The highest BCUT2D eigenvalue weighted by Gasteiger charge is 2.31. The average molecular weight is 389 g/mol. The molecule has 1 aromatic carbocycles. The summed E-state index contributed by atoms with van der Waals surface area (Å²) in [5.41, 5.74) is 0.394. The highest BCUT2D eigenvalue weighted by Crippen LogP contribution is 2.33. The van der Waals surface area contributed by atoms with Gasteiger partial charge in [0.05, 0.1) is 5.52 Å². The summed E-state index contributed by atoms with van der Waals surface area (Å²) >= 11 is 0. The maximum Gasteiger partial charge on any atom is 0.573 e. The van der Waals surface area contributed by atoms with Crippen molar-refractivity contribution in [1.29, 1.82) is 0 Å². The first-order chi connectivity index (χ1) is 12.3. The number of ether oxygens (including phenoxy) is 1. The van der Waals surface area contributed by atoms with Crippen LogP contribution in [0.15, 0.2) is 24.5 Å². The summed E-state index contributed by atoms with van der Waals surface area (Å²) in [6.07, 6.45) is -0.373. The molecule has 0 atom stereocenters. The van der Waals surface area contributed by atoms with Gasteiger partial charge in [0.1, 0.15) is 17.9 Å². The molecule has 0 saturated carbocycles. The van der Waals surface area contributed by atoms with Crippen LogP contribution in [-0.2, 0) is 0 Å². The molecule has 26 heavy (non-hydrogen) atoms. The third-order valence-electron chi connectivity index (χ3n) is 4.47. The fourth-order valence-electron chi connectivity index (χ4n) is 3.20. The van der Waals surface area contributed by atoms with Gasteiger partial charge in [0.2, 0.25) is 0 Å². The number of halogens is 3. The van der Waals surface area contributed by atoms with E-state index in [1.165, 1.54) is 18.5 Å². The van der Waals surface area contributed by atoms with Gasteiger partial charge < -0.3 is 19.4 Å². The van der Waals surface area contributed by atoms with Gasteiger partial charge in [-0.2, -0.15) is 0 Å². The Morgan fingerprint density at radius 3 is 2.58 bits per heavy atom. The van der Waals surface area contributed by atoms with Crippen molar-refractivity contribution in [2.75, 3.05) is 24.2 Å². The maximum absolute atomic E-state index is 12.4. The van der Waals surface area contributed by atoms with Gasteiger partial charge in [0.25, 0.3) is 0 Å². The predicted molar refractivity (Wildman–Crippen MR) is 92.0 cm³/mol. The van der Waals surface area contributed by atoms with Crippen LogP contribution in [0.4, 0.5) is 19.0 Å².